The molecule has 2 aromatic rings. The van der Waals surface area contributed by atoms with Crippen molar-refractivity contribution in [1.82, 2.24) is 4.90 Å². The summed E-state index contributed by atoms with van der Waals surface area (Å²) in [6.45, 7) is 7.80. The Morgan fingerprint density at radius 2 is 1.87 bits per heavy atom. The lowest BCUT2D eigenvalue weighted by Gasteiger charge is -2.30. The van der Waals surface area contributed by atoms with Crippen LogP contribution in [-0.2, 0) is 13.0 Å². The van der Waals surface area contributed by atoms with Crippen molar-refractivity contribution in [3.8, 4) is 23.0 Å². The molecule has 0 spiro atoms. The van der Waals surface area contributed by atoms with E-state index in [1.54, 1.807) is 14.2 Å². The fourth-order valence-corrected chi connectivity index (χ4v) is 3.98. The Morgan fingerprint density at radius 3 is 2.57 bits per heavy atom. The Bertz CT molecular complexity index is 1040. The van der Waals surface area contributed by atoms with Crippen LogP contribution in [0.1, 0.15) is 40.9 Å². The van der Waals surface area contributed by atoms with Gasteiger partial charge in [0.15, 0.2) is 17.3 Å². The van der Waals surface area contributed by atoms with Gasteiger partial charge in [-0.05, 0) is 56.5 Å². The summed E-state index contributed by atoms with van der Waals surface area (Å²) in [5.41, 5.74) is 4.60. The molecule has 2 aliphatic heterocycles. The van der Waals surface area contributed by atoms with Crippen molar-refractivity contribution in [2.45, 2.75) is 33.7 Å². The van der Waals surface area contributed by atoms with E-state index in [1.165, 1.54) is 5.56 Å². The van der Waals surface area contributed by atoms with Crippen LogP contribution in [0.15, 0.2) is 35.6 Å². The Kier molecular flexibility index (Phi) is 5.43. The molecule has 0 fully saturated rings. The third-order valence-corrected chi connectivity index (χ3v) is 5.60. The average molecular weight is 409 g/mol. The molecule has 0 bridgehead atoms. The van der Waals surface area contributed by atoms with Gasteiger partial charge >= 0.3 is 0 Å². The number of ether oxygens (including phenoxy) is 4. The number of methoxy groups -OCH3 is 2. The molecule has 0 unspecified atom stereocenters. The quantitative estimate of drug-likeness (QED) is 0.687. The first-order valence-electron chi connectivity index (χ1n) is 10.1. The van der Waals surface area contributed by atoms with Gasteiger partial charge in [-0.25, -0.2) is 0 Å². The number of allylic oxidation sites excluding steroid dienone is 2. The summed E-state index contributed by atoms with van der Waals surface area (Å²) in [6, 6.07) is 7.91. The second-order valence-corrected chi connectivity index (χ2v) is 7.89. The monoisotopic (exact) mass is 409 g/mol. The number of ketones is 1. The van der Waals surface area contributed by atoms with Crippen molar-refractivity contribution in [2.24, 2.45) is 0 Å². The molecule has 2 aliphatic rings. The van der Waals surface area contributed by atoms with Crippen LogP contribution in [-0.4, -0.2) is 38.2 Å². The highest BCUT2D eigenvalue weighted by molar-refractivity contribution is 6.13. The highest BCUT2D eigenvalue weighted by Crippen LogP contribution is 2.43. The zero-order valence-electron chi connectivity index (χ0n) is 18.1. The predicted molar refractivity (Wildman–Crippen MR) is 114 cm³/mol. The molecule has 2 aromatic carbocycles. The van der Waals surface area contributed by atoms with Crippen molar-refractivity contribution in [2.75, 3.05) is 27.5 Å². The maximum absolute atomic E-state index is 12.7. The summed E-state index contributed by atoms with van der Waals surface area (Å²) < 4.78 is 22.6. The molecule has 0 aromatic heterocycles. The molecule has 0 amide bonds. The van der Waals surface area contributed by atoms with Gasteiger partial charge < -0.3 is 18.9 Å². The van der Waals surface area contributed by atoms with E-state index >= 15 is 0 Å². The molecule has 6 nitrogen and oxygen atoms in total. The van der Waals surface area contributed by atoms with Crippen LogP contribution in [0.25, 0.3) is 0 Å². The van der Waals surface area contributed by atoms with Crippen molar-refractivity contribution < 1.29 is 23.7 Å². The van der Waals surface area contributed by atoms with E-state index in [-0.39, 0.29) is 5.78 Å². The van der Waals surface area contributed by atoms with Crippen LogP contribution in [0, 0.1) is 6.92 Å². The number of carbonyl (C=O) groups is 1. The van der Waals surface area contributed by atoms with E-state index in [1.807, 2.05) is 45.0 Å². The first-order chi connectivity index (χ1) is 14.4. The molecule has 0 atom stereocenters. The highest BCUT2D eigenvalue weighted by atomic mass is 16.5. The van der Waals surface area contributed by atoms with Crippen LogP contribution < -0.4 is 18.9 Å². The molecule has 0 N–H and O–H groups in total. The third kappa shape index (κ3) is 3.52. The molecule has 0 saturated heterocycles. The van der Waals surface area contributed by atoms with Gasteiger partial charge in [0.2, 0.25) is 5.78 Å². The van der Waals surface area contributed by atoms with Crippen LogP contribution in [0.5, 0.6) is 23.0 Å². The lowest BCUT2D eigenvalue weighted by atomic mass is 9.99. The molecule has 0 radical (unpaired) electrons. The van der Waals surface area contributed by atoms with Gasteiger partial charge in [0, 0.05) is 24.2 Å². The van der Waals surface area contributed by atoms with Crippen LogP contribution in [0.2, 0.25) is 0 Å². The van der Waals surface area contributed by atoms with Crippen LogP contribution >= 0.6 is 0 Å². The Balaban J connectivity index is 1.51. The molecule has 6 heteroatoms. The standard InChI is InChI=1S/C24H27NO5/c1-14(2)22-21(26)18-11-17-12-25(13-29-23(17)15(3)24(18)30-22)9-8-16-6-7-19(27-4)20(10-16)28-5/h6-7,10-11H,8-9,12-13H2,1-5H3. The number of benzene rings is 2. The highest BCUT2D eigenvalue weighted by Gasteiger charge is 2.34. The van der Waals surface area contributed by atoms with Crippen molar-refractivity contribution in [3.63, 3.8) is 0 Å². The number of nitrogens with zero attached hydrogens (tertiary/aromatic N) is 1. The Hall–Kier alpha value is -2.99. The number of rotatable bonds is 5. The summed E-state index contributed by atoms with van der Waals surface area (Å²) in [6.07, 6.45) is 0.854. The van der Waals surface area contributed by atoms with Crippen molar-refractivity contribution in [3.05, 3.63) is 57.9 Å². The molecule has 158 valence electrons. The maximum Gasteiger partial charge on any atom is 0.231 e. The minimum Gasteiger partial charge on any atom is -0.493 e. The van der Waals surface area contributed by atoms with Gasteiger partial charge in [0.25, 0.3) is 0 Å². The van der Waals surface area contributed by atoms with E-state index in [4.69, 9.17) is 18.9 Å². The molecule has 0 aliphatic carbocycles. The van der Waals surface area contributed by atoms with Gasteiger partial charge in [-0.2, -0.15) is 0 Å². The zero-order valence-corrected chi connectivity index (χ0v) is 18.1. The molecule has 0 saturated carbocycles. The number of carbonyl (C=O) groups excluding carboxylic acids is 1. The fourth-order valence-electron chi connectivity index (χ4n) is 3.98. The van der Waals surface area contributed by atoms with E-state index in [9.17, 15) is 4.79 Å². The second kappa shape index (κ2) is 8.03. The van der Waals surface area contributed by atoms with Gasteiger partial charge in [-0.3, -0.25) is 9.69 Å². The minimum atomic E-state index is -0.0432. The number of Topliss-reactive ketones (excluding diaryl/α,β-unsaturated/α-hetero) is 1. The van der Waals surface area contributed by atoms with Crippen LogP contribution in [0.3, 0.4) is 0 Å². The van der Waals surface area contributed by atoms with E-state index in [2.05, 4.69) is 4.90 Å². The minimum absolute atomic E-state index is 0.0432. The molecule has 4 rings (SSSR count). The number of hydrogen-bond acceptors (Lipinski definition) is 6. The van der Waals surface area contributed by atoms with Crippen LogP contribution in [0.4, 0.5) is 0 Å². The second-order valence-electron chi connectivity index (χ2n) is 7.89. The van der Waals surface area contributed by atoms with E-state index < -0.39 is 0 Å². The number of hydrogen-bond donors (Lipinski definition) is 0. The summed E-state index contributed by atoms with van der Waals surface area (Å²) in [7, 11) is 3.28. The van der Waals surface area contributed by atoms with Crippen molar-refractivity contribution >= 4 is 5.78 Å². The van der Waals surface area contributed by atoms with Crippen molar-refractivity contribution in [1.29, 1.82) is 0 Å². The first-order valence-corrected chi connectivity index (χ1v) is 10.1. The van der Waals surface area contributed by atoms with Gasteiger partial charge in [0.05, 0.1) is 19.8 Å². The average Bonchev–Trinajstić information content (AvgIpc) is 3.09. The summed E-state index contributed by atoms with van der Waals surface area (Å²) in [4.78, 5) is 15.0. The summed E-state index contributed by atoms with van der Waals surface area (Å²) >= 11 is 0. The lowest BCUT2D eigenvalue weighted by Crippen LogP contribution is -2.34. The van der Waals surface area contributed by atoms with Gasteiger partial charge in [-0.1, -0.05) is 6.07 Å². The Morgan fingerprint density at radius 1 is 1.10 bits per heavy atom. The summed E-state index contributed by atoms with van der Waals surface area (Å²) in [5.74, 6) is 3.31. The SMILES string of the molecule is COc1ccc(CCN2COc3c(cc4c(c3C)OC(=C(C)C)C4=O)C2)cc1OC. The molecule has 2 heterocycles. The lowest BCUT2D eigenvalue weighted by molar-refractivity contribution is 0.0953. The largest absolute Gasteiger partial charge is 0.493 e. The zero-order chi connectivity index (χ0) is 21.4. The maximum atomic E-state index is 12.7. The first kappa shape index (κ1) is 20.3. The predicted octanol–water partition coefficient (Wildman–Crippen LogP) is 4.28. The van der Waals surface area contributed by atoms with Gasteiger partial charge in [0.1, 0.15) is 18.2 Å². The molecule has 30 heavy (non-hydrogen) atoms. The fraction of sp³-hybridized carbons (Fsp3) is 0.375. The topological polar surface area (TPSA) is 57.2 Å². The van der Waals surface area contributed by atoms with E-state index in [0.717, 1.165) is 53.5 Å². The van der Waals surface area contributed by atoms with Gasteiger partial charge in [-0.15, -0.1) is 0 Å². The third-order valence-electron chi connectivity index (χ3n) is 5.60. The normalized spacial score (nSPS) is 15.2. The smallest absolute Gasteiger partial charge is 0.231 e. The Labute approximate surface area is 177 Å². The molecular formula is C24H27NO5. The number of fused-ring (bicyclic) bond motifs is 2. The summed E-state index contributed by atoms with van der Waals surface area (Å²) in [5, 5.41) is 0. The van der Waals surface area contributed by atoms with E-state index in [0.29, 0.717) is 23.8 Å². The molecular weight excluding hydrogens is 382 g/mol.